The van der Waals surface area contributed by atoms with Crippen LogP contribution in [-0.2, 0) is 6.61 Å². The number of benzene rings is 1. The van der Waals surface area contributed by atoms with E-state index in [0.29, 0.717) is 23.7 Å². The van der Waals surface area contributed by atoms with E-state index in [2.05, 4.69) is 15.1 Å². The Morgan fingerprint density at radius 3 is 2.89 bits per heavy atom. The average molecular weight is 386 g/mol. The van der Waals surface area contributed by atoms with Crippen LogP contribution >= 0.6 is 0 Å². The molecule has 0 radical (unpaired) electrons. The summed E-state index contributed by atoms with van der Waals surface area (Å²) in [5.74, 6) is 1.98. The molecule has 0 atom stereocenters. The lowest BCUT2D eigenvalue weighted by atomic mass is 10.1. The number of amides is 1. The molecular weight excluding hydrogens is 360 g/mol. The van der Waals surface area contributed by atoms with Crippen molar-refractivity contribution in [1.82, 2.24) is 20.0 Å². The summed E-state index contributed by atoms with van der Waals surface area (Å²) in [4.78, 5) is 16.7. The van der Waals surface area contributed by atoms with Crippen molar-refractivity contribution in [3.63, 3.8) is 0 Å². The molecule has 0 saturated carbocycles. The van der Waals surface area contributed by atoms with Gasteiger partial charge in [-0.25, -0.2) is 0 Å². The number of H-pyrrole nitrogens is 1. The van der Waals surface area contributed by atoms with Gasteiger partial charge in [0, 0.05) is 26.2 Å². The zero-order valence-corrected chi connectivity index (χ0v) is 16.1. The number of ether oxygens (including phenoxy) is 3. The van der Waals surface area contributed by atoms with E-state index in [-0.39, 0.29) is 19.3 Å². The summed E-state index contributed by atoms with van der Waals surface area (Å²) in [7, 11) is 1.82. The molecule has 2 aromatic rings. The minimum absolute atomic E-state index is 0.0809. The first-order valence-electron chi connectivity index (χ1n) is 9.73. The number of nitrogens with one attached hydrogen (secondary N) is 1. The lowest BCUT2D eigenvalue weighted by molar-refractivity contribution is 0.0767. The molecule has 0 unspecified atom stereocenters. The Bertz CT molecular complexity index is 816. The Balaban J connectivity index is 1.27. The van der Waals surface area contributed by atoms with Crippen LogP contribution in [0, 0.1) is 0 Å². The minimum Gasteiger partial charge on any atom is -0.487 e. The van der Waals surface area contributed by atoms with Crippen molar-refractivity contribution >= 4 is 5.91 Å². The van der Waals surface area contributed by atoms with Gasteiger partial charge in [0.15, 0.2) is 17.2 Å². The van der Waals surface area contributed by atoms with Crippen LogP contribution < -0.4 is 14.2 Å². The number of likely N-dealkylation sites (N-methyl/N-ethyl adjacent to an activating group) is 1. The molecule has 28 heavy (non-hydrogen) atoms. The molecule has 1 fully saturated rings. The molecule has 2 aliphatic rings. The number of carbonyl (C=O) groups excluding carboxylic acids is 1. The van der Waals surface area contributed by atoms with Gasteiger partial charge < -0.3 is 24.0 Å². The third-order valence-corrected chi connectivity index (χ3v) is 5.14. The summed E-state index contributed by atoms with van der Waals surface area (Å²) in [6.45, 7) is 4.40. The van der Waals surface area contributed by atoms with Gasteiger partial charge in [0.05, 0.1) is 5.69 Å². The summed E-state index contributed by atoms with van der Waals surface area (Å²) in [6.07, 6.45) is 3.82. The summed E-state index contributed by atoms with van der Waals surface area (Å²) in [5, 5.41) is 7.03. The first kappa shape index (κ1) is 18.6. The molecule has 1 amide bonds. The highest BCUT2D eigenvalue weighted by Gasteiger charge is 2.18. The van der Waals surface area contributed by atoms with Gasteiger partial charge in [-0.05, 0) is 44.1 Å². The number of aromatic amines is 1. The second-order valence-corrected chi connectivity index (χ2v) is 7.21. The molecule has 4 rings (SSSR count). The van der Waals surface area contributed by atoms with Gasteiger partial charge in [-0.15, -0.1) is 0 Å². The summed E-state index contributed by atoms with van der Waals surface area (Å²) in [5.41, 5.74) is 1.15. The van der Waals surface area contributed by atoms with Gasteiger partial charge in [-0.2, -0.15) is 5.10 Å². The highest BCUT2D eigenvalue weighted by atomic mass is 16.7. The number of piperidine rings is 1. The Kier molecular flexibility index (Phi) is 5.66. The number of carbonyl (C=O) groups is 1. The first-order valence-corrected chi connectivity index (χ1v) is 9.73. The zero-order valence-electron chi connectivity index (χ0n) is 16.1. The van der Waals surface area contributed by atoms with Crippen LogP contribution in [0.15, 0.2) is 24.3 Å². The lowest BCUT2D eigenvalue weighted by Crippen LogP contribution is -2.38. The van der Waals surface area contributed by atoms with E-state index in [1.807, 2.05) is 19.2 Å². The normalized spacial score (nSPS) is 16.2. The number of hydrogen-bond acceptors (Lipinski definition) is 6. The lowest BCUT2D eigenvalue weighted by Gasteiger charge is -2.28. The molecule has 8 heteroatoms. The first-order chi connectivity index (χ1) is 13.7. The standard InChI is InChI=1S/C20H26N4O4/c1-23(9-10-24-7-3-2-4-8-24)20(25)17-11-15(21-22-17)13-26-16-5-6-18-19(12-16)28-14-27-18/h5-6,11-12H,2-4,7-10,13-14H2,1H3,(H,21,22). The maximum Gasteiger partial charge on any atom is 0.274 e. The molecule has 0 bridgehead atoms. The highest BCUT2D eigenvalue weighted by Crippen LogP contribution is 2.35. The Labute approximate surface area is 164 Å². The number of rotatable bonds is 7. The van der Waals surface area contributed by atoms with Crippen molar-refractivity contribution in [1.29, 1.82) is 0 Å². The third-order valence-electron chi connectivity index (χ3n) is 5.14. The quantitative estimate of drug-likeness (QED) is 0.786. The predicted octanol–water partition coefficient (Wildman–Crippen LogP) is 2.28. The Morgan fingerprint density at radius 2 is 2.04 bits per heavy atom. The monoisotopic (exact) mass is 386 g/mol. The summed E-state index contributed by atoms with van der Waals surface area (Å²) in [6, 6.07) is 7.17. The summed E-state index contributed by atoms with van der Waals surface area (Å²) < 4.78 is 16.4. The Morgan fingerprint density at radius 1 is 1.21 bits per heavy atom. The molecule has 0 spiro atoms. The van der Waals surface area contributed by atoms with Crippen molar-refractivity contribution in [2.24, 2.45) is 0 Å². The smallest absolute Gasteiger partial charge is 0.274 e. The molecule has 1 saturated heterocycles. The molecule has 2 aliphatic heterocycles. The molecule has 1 N–H and O–H groups in total. The van der Waals surface area contributed by atoms with Crippen LogP contribution in [0.1, 0.15) is 35.4 Å². The van der Waals surface area contributed by atoms with Crippen LogP contribution in [0.5, 0.6) is 17.2 Å². The average Bonchev–Trinajstić information content (AvgIpc) is 3.39. The Hall–Kier alpha value is -2.74. The maximum absolute atomic E-state index is 12.6. The van der Waals surface area contributed by atoms with Gasteiger partial charge in [0.25, 0.3) is 5.91 Å². The van der Waals surface area contributed by atoms with Gasteiger partial charge >= 0.3 is 0 Å². The zero-order chi connectivity index (χ0) is 19.3. The SMILES string of the molecule is CN(CCN1CCCCC1)C(=O)c1cc(COc2ccc3c(c2)OCO3)[nH]n1. The fraction of sp³-hybridized carbons (Fsp3) is 0.500. The topological polar surface area (TPSA) is 79.9 Å². The van der Waals surface area contributed by atoms with Crippen molar-refractivity contribution in [3.8, 4) is 17.2 Å². The molecular formula is C20H26N4O4. The van der Waals surface area contributed by atoms with Crippen LogP contribution in [0.4, 0.5) is 0 Å². The molecule has 8 nitrogen and oxygen atoms in total. The van der Waals surface area contributed by atoms with Crippen molar-refractivity contribution in [2.75, 3.05) is 40.0 Å². The molecule has 150 valence electrons. The van der Waals surface area contributed by atoms with Gasteiger partial charge in [-0.3, -0.25) is 9.89 Å². The molecule has 1 aromatic heterocycles. The van der Waals surface area contributed by atoms with E-state index in [4.69, 9.17) is 14.2 Å². The van der Waals surface area contributed by atoms with Crippen LogP contribution in [0.2, 0.25) is 0 Å². The van der Waals surface area contributed by atoms with E-state index in [9.17, 15) is 4.79 Å². The number of aromatic nitrogens is 2. The van der Waals surface area contributed by atoms with Crippen molar-refractivity contribution < 1.29 is 19.0 Å². The van der Waals surface area contributed by atoms with Gasteiger partial charge in [0.1, 0.15) is 12.4 Å². The third kappa shape index (κ3) is 4.39. The minimum atomic E-state index is -0.0809. The number of nitrogens with zero attached hydrogens (tertiary/aromatic N) is 3. The van der Waals surface area contributed by atoms with E-state index in [0.717, 1.165) is 31.1 Å². The van der Waals surface area contributed by atoms with Crippen molar-refractivity contribution in [3.05, 3.63) is 35.7 Å². The van der Waals surface area contributed by atoms with Crippen LogP contribution in [-0.4, -0.2) is 65.9 Å². The molecule has 1 aromatic carbocycles. The number of likely N-dealkylation sites (tertiary alicyclic amines) is 1. The number of fused-ring (bicyclic) bond motifs is 1. The predicted molar refractivity (Wildman–Crippen MR) is 103 cm³/mol. The molecule has 3 heterocycles. The fourth-order valence-electron chi connectivity index (χ4n) is 3.44. The van der Waals surface area contributed by atoms with E-state index >= 15 is 0 Å². The largest absolute Gasteiger partial charge is 0.487 e. The van der Waals surface area contributed by atoms with E-state index in [1.54, 1.807) is 17.0 Å². The van der Waals surface area contributed by atoms with Crippen LogP contribution in [0.3, 0.4) is 0 Å². The van der Waals surface area contributed by atoms with E-state index < -0.39 is 0 Å². The van der Waals surface area contributed by atoms with Gasteiger partial charge in [-0.1, -0.05) is 6.42 Å². The second kappa shape index (κ2) is 8.52. The number of hydrogen-bond donors (Lipinski definition) is 1. The van der Waals surface area contributed by atoms with E-state index in [1.165, 1.54) is 19.3 Å². The maximum atomic E-state index is 12.6. The fourth-order valence-corrected chi connectivity index (χ4v) is 3.44. The second-order valence-electron chi connectivity index (χ2n) is 7.21. The van der Waals surface area contributed by atoms with Crippen molar-refractivity contribution in [2.45, 2.75) is 25.9 Å². The van der Waals surface area contributed by atoms with Gasteiger partial charge in [0.2, 0.25) is 6.79 Å². The summed E-state index contributed by atoms with van der Waals surface area (Å²) >= 11 is 0. The van der Waals surface area contributed by atoms with Crippen LogP contribution in [0.25, 0.3) is 0 Å². The molecule has 0 aliphatic carbocycles. The highest BCUT2D eigenvalue weighted by molar-refractivity contribution is 5.92.